The zero-order valence-electron chi connectivity index (χ0n) is 11.7. The van der Waals surface area contributed by atoms with E-state index in [0.29, 0.717) is 23.3 Å². The summed E-state index contributed by atoms with van der Waals surface area (Å²) in [6.45, 7) is 2.03. The second kappa shape index (κ2) is 6.87. The Bertz CT molecular complexity index is 647. The predicted molar refractivity (Wildman–Crippen MR) is 77.1 cm³/mol. The third-order valence-corrected chi connectivity index (χ3v) is 3.23. The lowest BCUT2D eigenvalue weighted by atomic mass is 10.1. The summed E-state index contributed by atoms with van der Waals surface area (Å²) in [6, 6.07) is 13.1. The predicted octanol–water partition coefficient (Wildman–Crippen LogP) is 3.72. The fraction of sp³-hybridized carbons (Fsp3) is 0.235. The van der Waals surface area contributed by atoms with Gasteiger partial charge in [0, 0.05) is 5.56 Å². The van der Waals surface area contributed by atoms with Crippen molar-refractivity contribution in [1.82, 2.24) is 0 Å². The van der Waals surface area contributed by atoms with Crippen LogP contribution in [0, 0.1) is 17.1 Å². The molecule has 1 atom stereocenters. The third-order valence-electron chi connectivity index (χ3n) is 3.23. The molecule has 0 unspecified atom stereocenters. The number of ether oxygens (including phenoxy) is 1. The lowest BCUT2D eigenvalue weighted by molar-refractivity contribution is 0.173. The minimum absolute atomic E-state index is 0.121. The molecule has 0 saturated carbocycles. The minimum Gasteiger partial charge on any atom is -0.489 e. The minimum atomic E-state index is -0.479. The molecule has 3 nitrogen and oxygen atoms in total. The molecule has 0 aliphatic heterocycles. The molecule has 2 aromatic rings. The zero-order chi connectivity index (χ0) is 15.2. The number of nitrogens with zero attached hydrogens (tertiary/aromatic N) is 1. The summed E-state index contributed by atoms with van der Waals surface area (Å²) in [4.78, 5) is 0. The van der Waals surface area contributed by atoms with Crippen molar-refractivity contribution < 1.29 is 14.2 Å². The van der Waals surface area contributed by atoms with Gasteiger partial charge >= 0.3 is 0 Å². The van der Waals surface area contributed by atoms with E-state index < -0.39 is 11.9 Å². The van der Waals surface area contributed by atoms with Gasteiger partial charge in [-0.05, 0) is 42.3 Å². The van der Waals surface area contributed by atoms with Crippen molar-refractivity contribution in [1.29, 1.82) is 5.26 Å². The molecule has 4 heteroatoms. The summed E-state index contributed by atoms with van der Waals surface area (Å²) in [5, 5.41) is 18.7. The number of rotatable bonds is 5. The smallest absolute Gasteiger partial charge is 0.123 e. The molecule has 0 aliphatic carbocycles. The van der Waals surface area contributed by atoms with Crippen LogP contribution in [0.1, 0.15) is 36.1 Å². The molecule has 0 bridgehead atoms. The summed E-state index contributed by atoms with van der Waals surface area (Å²) in [6.07, 6.45) is 0.169. The van der Waals surface area contributed by atoms with Gasteiger partial charge < -0.3 is 9.84 Å². The molecule has 21 heavy (non-hydrogen) atoms. The average Bonchev–Trinajstić information content (AvgIpc) is 2.52. The Morgan fingerprint density at radius 3 is 2.57 bits per heavy atom. The number of halogens is 1. The highest BCUT2D eigenvalue weighted by molar-refractivity contribution is 5.38. The van der Waals surface area contributed by atoms with Crippen LogP contribution in [0.2, 0.25) is 0 Å². The van der Waals surface area contributed by atoms with Crippen LogP contribution in [-0.4, -0.2) is 5.11 Å². The first-order valence-corrected chi connectivity index (χ1v) is 6.73. The molecular weight excluding hydrogens is 269 g/mol. The summed E-state index contributed by atoms with van der Waals surface area (Å²) >= 11 is 0. The molecule has 0 fully saturated rings. The zero-order valence-corrected chi connectivity index (χ0v) is 11.7. The summed E-state index contributed by atoms with van der Waals surface area (Å²) in [7, 11) is 0. The van der Waals surface area contributed by atoms with E-state index in [4.69, 9.17) is 10.00 Å². The maximum atomic E-state index is 13.2. The lowest BCUT2D eigenvalue weighted by Gasteiger charge is -2.11. The topological polar surface area (TPSA) is 53.2 Å². The third kappa shape index (κ3) is 3.80. The van der Waals surface area contributed by atoms with E-state index in [0.717, 1.165) is 5.56 Å². The molecule has 2 aromatic carbocycles. The van der Waals surface area contributed by atoms with Crippen LogP contribution in [0.3, 0.4) is 0 Å². The molecule has 0 radical (unpaired) electrons. The Hall–Kier alpha value is -2.38. The first-order chi connectivity index (χ1) is 10.1. The number of benzene rings is 2. The number of hydrogen-bond donors (Lipinski definition) is 1. The van der Waals surface area contributed by atoms with E-state index in [2.05, 4.69) is 0 Å². The van der Waals surface area contributed by atoms with E-state index in [-0.39, 0.29) is 6.61 Å². The van der Waals surface area contributed by atoms with Crippen LogP contribution in [0.15, 0.2) is 42.5 Å². The SMILES string of the molecule is CC[C@@H](O)c1ccc(OCc2cc(F)ccc2C#N)cc1. The molecule has 0 aliphatic rings. The van der Waals surface area contributed by atoms with Gasteiger partial charge in [-0.25, -0.2) is 4.39 Å². The first-order valence-electron chi connectivity index (χ1n) is 6.73. The van der Waals surface area contributed by atoms with E-state index >= 15 is 0 Å². The Morgan fingerprint density at radius 2 is 1.95 bits per heavy atom. The van der Waals surface area contributed by atoms with Gasteiger partial charge in [-0.2, -0.15) is 5.26 Å². The van der Waals surface area contributed by atoms with Crippen molar-refractivity contribution in [2.45, 2.75) is 26.1 Å². The highest BCUT2D eigenvalue weighted by atomic mass is 19.1. The Kier molecular flexibility index (Phi) is 4.91. The van der Waals surface area contributed by atoms with Gasteiger partial charge in [0.2, 0.25) is 0 Å². The van der Waals surface area contributed by atoms with E-state index in [1.807, 2.05) is 13.0 Å². The molecule has 0 spiro atoms. The van der Waals surface area contributed by atoms with Gasteiger partial charge in [0.1, 0.15) is 18.2 Å². The van der Waals surface area contributed by atoms with Crippen LogP contribution in [0.4, 0.5) is 4.39 Å². The monoisotopic (exact) mass is 285 g/mol. The van der Waals surface area contributed by atoms with Gasteiger partial charge in [0.15, 0.2) is 0 Å². The van der Waals surface area contributed by atoms with Crippen molar-refractivity contribution in [2.75, 3.05) is 0 Å². The maximum absolute atomic E-state index is 13.2. The van der Waals surface area contributed by atoms with Gasteiger partial charge in [0.05, 0.1) is 17.7 Å². The van der Waals surface area contributed by atoms with Crippen LogP contribution < -0.4 is 4.74 Å². The molecule has 0 saturated heterocycles. The van der Waals surface area contributed by atoms with Gasteiger partial charge in [-0.15, -0.1) is 0 Å². The fourth-order valence-electron chi connectivity index (χ4n) is 1.97. The van der Waals surface area contributed by atoms with E-state index in [1.165, 1.54) is 18.2 Å². The number of aliphatic hydroxyl groups is 1. The van der Waals surface area contributed by atoms with Crippen molar-refractivity contribution in [3.05, 3.63) is 65.0 Å². The fourth-order valence-corrected chi connectivity index (χ4v) is 1.97. The molecule has 108 valence electrons. The lowest BCUT2D eigenvalue weighted by Crippen LogP contribution is -2.00. The number of hydrogen-bond acceptors (Lipinski definition) is 3. The van der Waals surface area contributed by atoms with Crippen molar-refractivity contribution in [3.63, 3.8) is 0 Å². The molecule has 2 rings (SSSR count). The molecule has 0 amide bonds. The van der Waals surface area contributed by atoms with E-state index in [1.54, 1.807) is 24.3 Å². The number of nitriles is 1. The average molecular weight is 285 g/mol. The van der Waals surface area contributed by atoms with Crippen LogP contribution in [0.25, 0.3) is 0 Å². The Morgan fingerprint density at radius 1 is 1.24 bits per heavy atom. The largest absolute Gasteiger partial charge is 0.489 e. The van der Waals surface area contributed by atoms with Crippen LogP contribution in [-0.2, 0) is 6.61 Å². The van der Waals surface area contributed by atoms with Crippen molar-refractivity contribution in [2.24, 2.45) is 0 Å². The molecule has 1 N–H and O–H groups in total. The molecular formula is C17H16FNO2. The highest BCUT2D eigenvalue weighted by Crippen LogP contribution is 2.21. The quantitative estimate of drug-likeness (QED) is 0.911. The van der Waals surface area contributed by atoms with Crippen molar-refractivity contribution >= 4 is 0 Å². The van der Waals surface area contributed by atoms with E-state index in [9.17, 15) is 9.50 Å². The van der Waals surface area contributed by atoms with Crippen LogP contribution in [0.5, 0.6) is 5.75 Å². The second-order valence-corrected chi connectivity index (χ2v) is 4.70. The summed E-state index contributed by atoms with van der Waals surface area (Å²) < 4.78 is 18.8. The number of aliphatic hydroxyl groups excluding tert-OH is 1. The van der Waals surface area contributed by atoms with Gasteiger partial charge in [0.25, 0.3) is 0 Å². The Labute approximate surface area is 123 Å². The second-order valence-electron chi connectivity index (χ2n) is 4.70. The van der Waals surface area contributed by atoms with Crippen LogP contribution >= 0.6 is 0 Å². The Balaban J connectivity index is 2.07. The molecule has 0 heterocycles. The first kappa shape index (κ1) is 15.0. The normalized spacial score (nSPS) is 11.7. The summed E-state index contributed by atoms with van der Waals surface area (Å²) in [5.74, 6) is 0.212. The standard InChI is InChI=1S/C17H16FNO2/c1-2-17(20)12-4-7-16(8-5-12)21-11-14-9-15(18)6-3-13(14)10-19/h3-9,17,20H,2,11H2,1H3/t17-/m1/s1. The van der Waals surface area contributed by atoms with Gasteiger partial charge in [-0.1, -0.05) is 19.1 Å². The van der Waals surface area contributed by atoms with Crippen molar-refractivity contribution in [3.8, 4) is 11.8 Å². The summed E-state index contributed by atoms with van der Waals surface area (Å²) in [5.41, 5.74) is 1.73. The maximum Gasteiger partial charge on any atom is 0.123 e. The highest BCUT2D eigenvalue weighted by Gasteiger charge is 2.07. The molecule has 0 aromatic heterocycles. The van der Waals surface area contributed by atoms with Gasteiger partial charge in [-0.3, -0.25) is 0 Å².